The van der Waals surface area contributed by atoms with E-state index in [4.69, 9.17) is 0 Å². The van der Waals surface area contributed by atoms with Gasteiger partial charge in [0.25, 0.3) is 11.5 Å². The molecule has 0 spiro atoms. The standard InChI is InChI=1S/C22H19N5O2/c28-20-17-5-1-2-6-18(17)24-22(25-20)27-12-10-26(11-13-27)21(29)16-8-7-15-4-3-9-23-19(15)14-16/h1-9,14H,10-13H2,(H,24,25,28). The quantitative estimate of drug-likeness (QED) is 0.573. The van der Waals surface area contributed by atoms with Crippen molar-refractivity contribution in [2.24, 2.45) is 0 Å². The molecular formula is C22H19N5O2. The molecule has 3 heterocycles. The smallest absolute Gasteiger partial charge is 0.260 e. The molecule has 1 saturated heterocycles. The van der Waals surface area contributed by atoms with Crippen LogP contribution in [0.25, 0.3) is 21.8 Å². The number of aromatic nitrogens is 3. The van der Waals surface area contributed by atoms with Crippen LogP contribution in [0.4, 0.5) is 5.95 Å². The van der Waals surface area contributed by atoms with Crippen molar-refractivity contribution in [2.75, 3.05) is 31.1 Å². The van der Waals surface area contributed by atoms with Crippen molar-refractivity contribution in [2.45, 2.75) is 0 Å². The predicted molar refractivity (Wildman–Crippen MR) is 112 cm³/mol. The van der Waals surface area contributed by atoms with Crippen LogP contribution in [0.1, 0.15) is 10.4 Å². The predicted octanol–water partition coefficient (Wildman–Crippen LogP) is 2.43. The van der Waals surface area contributed by atoms with Gasteiger partial charge in [-0.3, -0.25) is 19.6 Å². The van der Waals surface area contributed by atoms with Crippen LogP contribution in [0.15, 0.2) is 65.6 Å². The maximum absolute atomic E-state index is 12.9. The molecule has 0 radical (unpaired) electrons. The fraction of sp³-hybridized carbons (Fsp3) is 0.182. The summed E-state index contributed by atoms with van der Waals surface area (Å²) in [5, 5.41) is 1.59. The zero-order valence-electron chi connectivity index (χ0n) is 15.7. The van der Waals surface area contributed by atoms with Crippen LogP contribution in [0, 0.1) is 0 Å². The number of para-hydroxylation sites is 1. The first-order chi connectivity index (χ1) is 14.2. The Hall–Kier alpha value is -3.74. The lowest BCUT2D eigenvalue weighted by Gasteiger charge is -2.35. The first-order valence-electron chi connectivity index (χ1n) is 9.57. The maximum atomic E-state index is 12.9. The number of nitrogens with one attached hydrogen (secondary N) is 1. The zero-order chi connectivity index (χ0) is 19.8. The van der Waals surface area contributed by atoms with Gasteiger partial charge in [0.05, 0.1) is 16.4 Å². The molecule has 0 aliphatic carbocycles. The summed E-state index contributed by atoms with van der Waals surface area (Å²) in [6.07, 6.45) is 1.73. The highest BCUT2D eigenvalue weighted by Gasteiger charge is 2.24. The van der Waals surface area contributed by atoms with Crippen LogP contribution >= 0.6 is 0 Å². The Bertz CT molecular complexity index is 1270. The summed E-state index contributed by atoms with van der Waals surface area (Å²) in [7, 11) is 0. The van der Waals surface area contributed by atoms with Gasteiger partial charge in [-0.1, -0.05) is 24.3 Å². The molecule has 0 unspecified atom stereocenters. The highest BCUT2D eigenvalue weighted by atomic mass is 16.2. The fourth-order valence-electron chi connectivity index (χ4n) is 3.73. The molecule has 0 atom stereocenters. The number of H-pyrrole nitrogens is 1. The molecular weight excluding hydrogens is 366 g/mol. The van der Waals surface area contributed by atoms with Gasteiger partial charge < -0.3 is 9.80 Å². The Kier molecular flexibility index (Phi) is 4.20. The van der Waals surface area contributed by atoms with Gasteiger partial charge in [0.15, 0.2) is 0 Å². The number of nitrogens with zero attached hydrogens (tertiary/aromatic N) is 4. The Morgan fingerprint density at radius 2 is 1.76 bits per heavy atom. The third kappa shape index (κ3) is 3.20. The van der Waals surface area contributed by atoms with Crippen LogP contribution in [0.5, 0.6) is 0 Å². The van der Waals surface area contributed by atoms with E-state index < -0.39 is 0 Å². The number of aromatic amines is 1. The van der Waals surface area contributed by atoms with Gasteiger partial charge in [0.1, 0.15) is 0 Å². The minimum Gasteiger partial charge on any atom is -0.339 e. The summed E-state index contributed by atoms with van der Waals surface area (Å²) in [6.45, 7) is 2.35. The van der Waals surface area contributed by atoms with E-state index in [0.717, 1.165) is 10.9 Å². The van der Waals surface area contributed by atoms with Gasteiger partial charge in [-0.25, -0.2) is 4.98 Å². The Morgan fingerprint density at radius 3 is 2.62 bits per heavy atom. The lowest BCUT2D eigenvalue weighted by Crippen LogP contribution is -2.49. The molecule has 5 rings (SSSR count). The van der Waals surface area contributed by atoms with Crippen molar-refractivity contribution in [3.8, 4) is 0 Å². The van der Waals surface area contributed by atoms with Crippen LogP contribution in [-0.4, -0.2) is 51.9 Å². The number of pyridine rings is 1. The van der Waals surface area contributed by atoms with E-state index in [2.05, 4.69) is 15.0 Å². The molecule has 7 nitrogen and oxygen atoms in total. The monoisotopic (exact) mass is 385 g/mol. The Balaban J connectivity index is 1.33. The van der Waals surface area contributed by atoms with Gasteiger partial charge in [-0.05, 0) is 30.3 Å². The summed E-state index contributed by atoms with van der Waals surface area (Å²) >= 11 is 0. The summed E-state index contributed by atoms with van der Waals surface area (Å²) in [4.78, 5) is 40.9. The number of fused-ring (bicyclic) bond motifs is 2. The second kappa shape index (κ2) is 7.01. The first kappa shape index (κ1) is 17.4. The van der Waals surface area contributed by atoms with Crippen molar-refractivity contribution in [3.05, 3.63) is 76.7 Å². The number of benzene rings is 2. The third-order valence-corrected chi connectivity index (χ3v) is 5.32. The van der Waals surface area contributed by atoms with Gasteiger partial charge in [0, 0.05) is 43.3 Å². The molecule has 1 aliphatic heterocycles. The second-order valence-electron chi connectivity index (χ2n) is 7.10. The topological polar surface area (TPSA) is 82.2 Å². The summed E-state index contributed by atoms with van der Waals surface area (Å²) in [5.74, 6) is 0.549. The number of hydrogen-bond acceptors (Lipinski definition) is 5. The number of anilines is 1. The van der Waals surface area contributed by atoms with E-state index in [1.807, 2.05) is 58.3 Å². The molecule has 7 heteroatoms. The third-order valence-electron chi connectivity index (χ3n) is 5.32. The Labute approximate surface area is 166 Å². The molecule has 1 fully saturated rings. The molecule has 1 N–H and O–H groups in total. The highest BCUT2D eigenvalue weighted by Crippen LogP contribution is 2.18. The van der Waals surface area contributed by atoms with E-state index in [0.29, 0.717) is 48.6 Å². The summed E-state index contributed by atoms with van der Waals surface area (Å²) in [5.41, 5.74) is 1.98. The average molecular weight is 385 g/mol. The molecule has 29 heavy (non-hydrogen) atoms. The molecule has 1 aliphatic rings. The van der Waals surface area contributed by atoms with Gasteiger partial charge >= 0.3 is 0 Å². The maximum Gasteiger partial charge on any atom is 0.260 e. The van der Waals surface area contributed by atoms with Crippen LogP contribution in [-0.2, 0) is 0 Å². The molecule has 144 valence electrons. The minimum absolute atomic E-state index is 0.00262. The van der Waals surface area contributed by atoms with Crippen molar-refractivity contribution in [1.29, 1.82) is 0 Å². The molecule has 0 saturated carbocycles. The van der Waals surface area contributed by atoms with E-state index in [1.54, 1.807) is 12.3 Å². The van der Waals surface area contributed by atoms with Crippen molar-refractivity contribution in [1.82, 2.24) is 19.9 Å². The number of rotatable bonds is 2. The number of piperazine rings is 1. The number of hydrogen-bond donors (Lipinski definition) is 1. The SMILES string of the molecule is O=C(c1ccc2cccnc2c1)N1CCN(c2nc3ccccc3c(=O)[nH]2)CC1. The van der Waals surface area contributed by atoms with E-state index in [-0.39, 0.29) is 11.5 Å². The molecule has 2 aromatic carbocycles. The van der Waals surface area contributed by atoms with Crippen LogP contribution < -0.4 is 10.5 Å². The molecule has 0 bridgehead atoms. The molecule has 2 aromatic heterocycles. The number of carbonyl (C=O) groups is 1. The van der Waals surface area contributed by atoms with Gasteiger partial charge in [-0.15, -0.1) is 0 Å². The minimum atomic E-state index is -0.146. The van der Waals surface area contributed by atoms with Crippen molar-refractivity contribution in [3.63, 3.8) is 0 Å². The van der Waals surface area contributed by atoms with E-state index in [9.17, 15) is 9.59 Å². The Morgan fingerprint density at radius 1 is 0.931 bits per heavy atom. The normalized spacial score (nSPS) is 14.5. The summed E-state index contributed by atoms with van der Waals surface area (Å²) < 4.78 is 0. The van der Waals surface area contributed by atoms with E-state index in [1.165, 1.54) is 0 Å². The van der Waals surface area contributed by atoms with Crippen molar-refractivity contribution < 1.29 is 4.79 Å². The zero-order valence-corrected chi connectivity index (χ0v) is 15.7. The average Bonchev–Trinajstić information content (AvgIpc) is 2.78. The number of carbonyl (C=O) groups excluding carboxylic acids is 1. The van der Waals surface area contributed by atoms with Crippen LogP contribution in [0.3, 0.4) is 0 Å². The lowest BCUT2D eigenvalue weighted by atomic mass is 10.1. The van der Waals surface area contributed by atoms with Gasteiger partial charge in [0.2, 0.25) is 5.95 Å². The van der Waals surface area contributed by atoms with Gasteiger partial charge in [-0.2, -0.15) is 0 Å². The largest absolute Gasteiger partial charge is 0.339 e. The molecule has 1 amide bonds. The first-order valence-corrected chi connectivity index (χ1v) is 9.57. The van der Waals surface area contributed by atoms with E-state index >= 15 is 0 Å². The second-order valence-corrected chi connectivity index (χ2v) is 7.10. The molecule has 4 aromatic rings. The summed E-state index contributed by atoms with van der Waals surface area (Å²) in [6, 6.07) is 16.8. The number of amides is 1. The van der Waals surface area contributed by atoms with Crippen LogP contribution in [0.2, 0.25) is 0 Å². The van der Waals surface area contributed by atoms with Crippen molar-refractivity contribution >= 4 is 33.7 Å². The fourth-order valence-corrected chi connectivity index (χ4v) is 3.73. The highest BCUT2D eigenvalue weighted by molar-refractivity contribution is 5.97. The lowest BCUT2D eigenvalue weighted by molar-refractivity contribution is 0.0746.